The van der Waals surface area contributed by atoms with Crippen LogP contribution in [-0.4, -0.2) is 62.4 Å². The Balaban J connectivity index is 1.97. The number of nitrogens with zero attached hydrogens (tertiary/aromatic N) is 4. The van der Waals surface area contributed by atoms with Crippen LogP contribution in [0.25, 0.3) is 0 Å². The van der Waals surface area contributed by atoms with E-state index in [0.29, 0.717) is 19.7 Å². The number of ether oxygens (including phenoxy) is 1. The molecule has 1 aromatic heterocycles. The van der Waals surface area contributed by atoms with Gasteiger partial charge in [0.05, 0.1) is 19.1 Å². The van der Waals surface area contributed by atoms with Crippen molar-refractivity contribution in [2.24, 2.45) is 0 Å². The lowest BCUT2D eigenvalue weighted by Gasteiger charge is -2.33. The second kappa shape index (κ2) is 5.79. The molecule has 1 aromatic rings. The molecule has 1 aliphatic heterocycles. The maximum Gasteiger partial charge on any atom is 0.306 e. The van der Waals surface area contributed by atoms with Gasteiger partial charge in [0.25, 0.3) is 0 Å². The molecule has 2 atom stereocenters. The first-order valence-electron chi connectivity index (χ1n) is 6.04. The van der Waals surface area contributed by atoms with Gasteiger partial charge in [-0.25, -0.2) is 9.67 Å². The SMILES string of the molecule is CC(C(=O)N1CCOC(CC(=O)O)C1)n1cncn1. The molecule has 2 rings (SSSR count). The zero-order valence-corrected chi connectivity index (χ0v) is 10.6. The van der Waals surface area contributed by atoms with Gasteiger partial charge >= 0.3 is 5.97 Å². The van der Waals surface area contributed by atoms with Crippen LogP contribution in [0.15, 0.2) is 12.7 Å². The topological polar surface area (TPSA) is 97.6 Å². The molecule has 0 saturated carbocycles. The van der Waals surface area contributed by atoms with Crippen LogP contribution in [0.5, 0.6) is 0 Å². The fraction of sp³-hybridized carbons (Fsp3) is 0.636. The van der Waals surface area contributed by atoms with Crippen molar-refractivity contribution in [3.63, 3.8) is 0 Å². The van der Waals surface area contributed by atoms with Gasteiger partial charge in [0.15, 0.2) is 0 Å². The average Bonchev–Trinajstić information content (AvgIpc) is 2.90. The van der Waals surface area contributed by atoms with E-state index in [1.165, 1.54) is 17.3 Å². The molecule has 1 amide bonds. The number of amides is 1. The van der Waals surface area contributed by atoms with Crippen LogP contribution in [0, 0.1) is 0 Å². The van der Waals surface area contributed by atoms with E-state index in [1.807, 2.05) is 0 Å². The van der Waals surface area contributed by atoms with Crippen LogP contribution in [0.4, 0.5) is 0 Å². The van der Waals surface area contributed by atoms with Crippen LogP contribution < -0.4 is 0 Å². The molecule has 1 fully saturated rings. The fourth-order valence-electron chi connectivity index (χ4n) is 2.03. The maximum absolute atomic E-state index is 12.3. The second-order valence-corrected chi connectivity index (χ2v) is 4.43. The number of hydrogen-bond acceptors (Lipinski definition) is 5. The number of carbonyl (C=O) groups excluding carboxylic acids is 1. The zero-order chi connectivity index (χ0) is 13.8. The monoisotopic (exact) mass is 268 g/mol. The predicted molar refractivity (Wildman–Crippen MR) is 63.3 cm³/mol. The molecule has 0 aromatic carbocycles. The van der Waals surface area contributed by atoms with Crippen molar-refractivity contribution in [1.82, 2.24) is 19.7 Å². The van der Waals surface area contributed by atoms with E-state index in [9.17, 15) is 9.59 Å². The minimum Gasteiger partial charge on any atom is -0.481 e. The van der Waals surface area contributed by atoms with Crippen molar-refractivity contribution in [2.75, 3.05) is 19.7 Å². The lowest BCUT2D eigenvalue weighted by Crippen LogP contribution is -2.48. The van der Waals surface area contributed by atoms with Gasteiger partial charge in [-0.05, 0) is 6.92 Å². The fourth-order valence-corrected chi connectivity index (χ4v) is 2.03. The summed E-state index contributed by atoms with van der Waals surface area (Å²) in [4.78, 5) is 28.3. The summed E-state index contributed by atoms with van der Waals surface area (Å²) in [5.41, 5.74) is 0. The minimum atomic E-state index is -0.927. The second-order valence-electron chi connectivity index (χ2n) is 4.43. The molecule has 1 aliphatic rings. The average molecular weight is 268 g/mol. The zero-order valence-electron chi connectivity index (χ0n) is 10.6. The van der Waals surface area contributed by atoms with Gasteiger partial charge in [0.1, 0.15) is 18.7 Å². The molecule has 0 bridgehead atoms. The summed E-state index contributed by atoms with van der Waals surface area (Å²) in [6.45, 7) is 2.85. The standard InChI is InChI=1S/C11H16N4O4/c1-8(15-7-12-6-13-15)11(18)14-2-3-19-9(5-14)4-10(16)17/h6-9H,2-5H2,1H3,(H,16,17). The highest BCUT2D eigenvalue weighted by molar-refractivity contribution is 5.80. The summed E-state index contributed by atoms with van der Waals surface area (Å²) >= 11 is 0. The van der Waals surface area contributed by atoms with Gasteiger partial charge in [0.2, 0.25) is 5.91 Å². The molecule has 8 nitrogen and oxygen atoms in total. The first-order valence-corrected chi connectivity index (χ1v) is 6.04. The predicted octanol–water partition coefficient (Wildman–Crippen LogP) is -0.459. The number of carboxylic acid groups (broad SMARTS) is 1. The molecular weight excluding hydrogens is 252 g/mol. The third kappa shape index (κ3) is 3.28. The van der Waals surface area contributed by atoms with E-state index in [2.05, 4.69) is 10.1 Å². The van der Waals surface area contributed by atoms with Crippen LogP contribution in [-0.2, 0) is 14.3 Å². The first-order chi connectivity index (χ1) is 9.08. The van der Waals surface area contributed by atoms with Gasteiger partial charge in [-0.2, -0.15) is 5.10 Å². The van der Waals surface area contributed by atoms with Crippen molar-refractivity contribution in [3.05, 3.63) is 12.7 Å². The number of rotatable bonds is 4. The van der Waals surface area contributed by atoms with Crippen LogP contribution in [0.3, 0.4) is 0 Å². The summed E-state index contributed by atoms with van der Waals surface area (Å²) in [6.07, 6.45) is 2.31. The molecule has 8 heteroatoms. The first kappa shape index (κ1) is 13.5. The Bertz CT molecular complexity index is 448. The molecule has 1 N–H and O–H groups in total. The van der Waals surface area contributed by atoms with E-state index in [0.717, 1.165) is 0 Å². The summed E-state index contributed by atoms with van der Waals surface area (Å²) < 4.78 is 6.81. The Morgan fingerprint density at radius 3 is 3.00 bits per heavy atom. The van der Waals surface area contributed by atoms with Gasteiger partial charge < -0.3 is 14.7 Å². The molecule has 1 saturated heterocycles. The lowest BCUT2D eigenvalue weighted by molar-refractivity contribution is -0.149. The smallest absolute Gasteiger partial charge is 0.306 e. The Hall–Kier alpha value is -1.96. The quantitative estimate of drug-likeness (QED) is 0.793. The molecule has 0 spiro atoms. The molecule has 0 radical (unpaired) electrons. The van der Waals surface area contributed by atoms with E-state index >= 15 is 0 Å². The number of carbonyl (C=O) groups is 2. The highest BCUT2D eigenvalue weighted by Crippen LogP contribution is 2.14. The molecule has 2 unspecified atom stereocenters. The van der Waals surface area contributed by atoms with Gasteiger partial charge in [-0.3, -0.25) is 9.59 Å². The molecule has 19 heavy (non-hydrogen) atoms. The summed E-state index contributed by atoms with van der Waals surface area (Å²) in [7, 11) is 0. The minimum absolute atomic E-state index is 0.0957. The molecule has 104 valence electrons. The third-order valence-corrected chi connectivity index (χ3v) is 3.04. The van der Waals surface area contributed by atoms with Crippen LogP contribution in [0.1, 0.15) is 19.4 Å². The van der Waals surface area contributed by atoms with Crippen molar-refractivity contribution in [3.8, 4) is 0 Å². The van der Waals surface area contributed by atoms with E-state index in [4.69, 9.17) is 9.84 Å². The molecule has 0 aliphatic carbocycles. The van der Waals surface area contributed by atoms with Gasteiger partial charge in [0, 0.05) is 13.1 Å². The maximum atomic E-state index is 12.3. The Labute approximate surface area is 110 Å². The summed E-state index contributed by atoms with van der Waals surface area (Å²) in [5.74, 6) is -1.03. The summed E-state index contributed by atoms with van der Waals surface area (Å²) in [5, 5.41) is 12.7. The van der Waals surface area contributed by atoms with Crippen molar-refractivity contribution in [1.29, 1.82) is 0 Å². The summed E-state index contributed by atoms with van der Waals surface area (Å²) in [6, 6.07) is -0.453. The number of carboxylic acids is 1. The lowest BCUT2D eigenvalue weighted by atomic mass is 10.2. The third-order valence-electron chi connectivity index (χ3n) is 3.04. The van der Waals surface area contributed by atoms with Crippen LogP contribution in [0.2, 0.25) is 0 Å². The Morgan fingerprint density at radius 2 is 2.37 bits per heavy atom. The Morgan fingerprint density at radius 1 is 1.58 bits per heavy atom. The number of hydrogen-bond donors (Lipinski definition) is 1. The van der Waals surface area contributed by atoms with Crippen molar-refractivity contribution < 1.29 is 19.4 Å². The Kier molecular flexibility index (Phi) is 4.10. The highest BCUT2D eigenvalue weighted by Gasteiger charge is 2.29. The molecular formula is C11H16N4O4. The van der Waals surface area contributed by atoms with Gasteiger partial charge in [-0.15, -0.1) is 0 Å². The van der Waals surface area contributed by atoms with Crippen LogP contribution >= 0.6 is 0 Å². The van der Waals surface area contributed by atoms with E-state index in [1.54, 1.807) is 11.8 Å². The highest BCUT2D eigenvalue weighted by atomic mass is 16.5. The van der Waals surface area contributed by atoms with E-state index < -0.39 is 18.1 Å². The van der Waals surface area contributed by atoms with Crippen molar-refractivity contribution >= 4 is 11.9 Å². The number of aromatic nitrogens is 3. The number of aliphatic carboxylic acids is 1. The largest absolute Gasteiger partial charge is 0.481 e. The van der Waals surface area contributed by atoms with E-state index in [-0.39, 0.29) is 12.3 Å². The number of morpholine rings is 1. The molecule has 2 heterocycles. The normalized spacial score (nSPS) is 21.1. The van der Waals surface area contributed by atoms with Crippen molar-refractivity contribution in [2.45, 2.75) is 25.5 Å². The van der Waals surface area contributed by atoms with Gasteiger partial charge in [-0.1, -0.05) is 0 Å².